The molecule has 0 spiro atoms. The quantitative estimate of drug-likeness (QED) is 0.842. The molecule has 0 aliphatic carbocycles. The van der Waals surface area contributed by atoms with E-state index in [1.807, 2.05) is 25.1 Å². The normalized spacial score (nSPS) is 17.9. The predicted octanol–water partition coefficient (Wildman–Crippen LogP) is 0.806. The second kappa shape index (κ2) is 5.84. The predicted molar refractivity (Wildman–Crippen MR) is 70.8 cm³/mol. The molecular weight excluding hydrogens is 244 g/mol. The molecule has 19 heavy (non-hydrogen) atoms. The minimum absolute atomic E-state index is 0.163. The summed E-state index contributed by atoms with van der Waals surface area (Å²) in [5.74, 6) is -1.14. The number of likely N-dealkylation sites (N-methyl/N-ethyl adjacent to an activating group) is 1. The molecule has 0 fully saturated rings. The lowest BCUT2D eigenvalue weighted by atomic mass is 9.92. The maximum atomic E-state index is 12.1. The third-order valence-electron chi connectivity index (χ3n) is 3.36. The first-order valence-electron chi connectivity index (χ1n) is 6.46. The van der Waals surface area contributed by atoms with E-state index in [1.165, 1.54) is 4.90 Å². The molecule has 1 aliphatic heterocycles. The van der Waals surface area contributed by atoms with E-state index in [-0.39, 0.29) is 12.5 Å². The van der Waals surface area contributed by atoms with Crippen LogP contribution in [0.1, 0.15) is 24.1 Å². The fourth-order valence-corrected chi connectivity index (χ4v) is 2.44. The van der Waals surface area contributed by atoms with Gasteiger partial charge in [0.25, 0.3) is 0 Å². The molecule has 1 atom stereocenters. The number of carbonyl (C=O) groups excluding carboxylic acids is 1. The van der Waals surface area contributed by atoms with Gasteiger partial charge in [-0.3, -0.25) is 4.79 Å². The molecule has 0 saturated carbocycles. The van der Waals surface area contributed by atoms with Crippen LogP contribution in [0.15, 0.2) is 24.3 Å². The lowest BCUT2D eigenvalue weighted by molar-refractivity contribution is -0.150. The van der Waals surface area contributed by atoms with E-state index < -0.39 is 12.0 Å². The summed E-state index contributed by atoms with van der Waals surface area (Å²) >= 11 is 0. The number of hydrogen-bond donors (Lipinski definition) is 2. The third-order valence-corrected chi connectivity index (χ3v) is 3.36. The third kappa shape index (κ3) is 2.76. The zero-order chi connectivity index (χ0) is 13.8. The van der Waals surface area contributed by atoms with Crippen molar-refractivity contribution in [2.75, 3.05) is 19.6 Å². The van der Waals surface area contributed by atoms with Crippen LogP contribution >= 0.6 is 0 Å². The first-order chi connectivity index (χ1) is 9.15. The van der Waals surface area contributed by atoms with Gasteiger partial charge in [0.15, 0.2) is 6.04 Å². The number of carboxylic acid groups (broad SMARTS) is 1. The van der Waals surface area contributed by atoms with Crippen LogP contribution in [0.2, 0.25) is 0 Å². The highest BCUT2D eigenvalue weighted by Crippen LogP contribution is 2.29. The van der Waals surface area contributed by atoms with Gasteiger partial charge >= 0.3 is 5.97 Å². The van der Waals surface area contributed by atoms with Crippen molar-refractivity contribution in [3.8, 4) is 0 Å². The topological polar surface area (TPSA) is 69.6 Å². The lowest BCUT2D eigenvalue weighted by Gasteiger charge is -2.34. The molecule has 102 valence electrons. The van der Waals surface area contributed by atoms with Crippen molar-refractivity contribution in [1.82, 2.24) is 10.2 Å². The molecule has 1 amide bonds. The van der Waals surface area contributed by atoms with Crippen molar-refractivity contribution in [3.63, 3.8) is 0 Å². The van der Waals surface area contributed by atoms with Gasteiger partial charge < -0.3 is 15.3 Å². The molecule has 2 N–H and O–H groups in total. The van der Waals surface area contributed by atoms with E-state index in [9.17, 15) is 14.7 Å². The van der Waals surface area contributed by atoms with Gasteiger partial charge in [-0.15, -0.1) is 0 Å². The molecule has 1 aromatic rings. The zero-order valence-corrected chi connectivity index (χ0v) is 10.9. The number of aliphatic carboxylic acids is 1. The van der Waals surface area contributed by atoms with Crippen LogP contribution in [0.5, 0.6) is 0 Å². The molecular formula is C14H18N2O3. The number of carbonyl (C=O) groups is 2. The van der Waals surface area contributed by atoms with Crippen LogP contribution in [0.3, 0.4) is 0 Å². The van der Waals surface area contributed by atoms with E-state index in [0.29, 0.717) is 19.5 Å². The number of fused-ring (bicyclic) bond motifs is 1. The fraction of sp³-hybridized carbons (Fsp3) is 0.429. The van der Waals surface area contributed by atoms with Crippen LogP contribution < -0.4 is 5.32 Å². The number of hydrogen-bond acceptors (Lipinski definition) is 3. The van der Waals surface area contributed by atoms with Crippen LogP contribution in [-0.4, -0.2) is 41.5 Å². The highest BCUT2D eigenvalue weighted by molar-refractivity contribution is 5.86. The molecule has 5 heteroatoms. The van der Waals surface area contributed by atoms with E-state index in [4.69, 9.17) is 0 Å². The minimum Gasteiger partial charge on any atom is -0.479 e. The van der Waals surface area contributed by atoms with Crippen molar-refractivity contribution in [1.29, 1.82) is 0 Å². The lowest BCUT2D eigenvalue weighted by Crippen LogP contribution is -2.46. The number of amides is 1. The number of benzene rings is 1. The van der Waals surface area contributed by atoms with Gasteiger partial charge in [0.1, 0.15) is 0 Å². The Morgan fingerprint density at radius 1 is 1.42 bits per heavy atom. The molecule has 5 nitrogen and oxygen atoms in total. The van der Waals surface area contributed by atoms with Crippen molar-refractivity contribution >= 4 is 11.9 Å². The average molecular weight is 262 g/mol. The molecule has 1 heterocycles. The van der Waals surface area contributed by atoms with Gasteiger partial charge in [-0.05, 0) is 24.1 Å². The summed E-state index contributed by atoms with van der Waals surface area (Å²) in [5.41, 5.74) is 1.74. The summed E-state index contributed by atoms with van der Waals surface area (Å²) < 4.78 is 0. The van der Waals surface area contributed by atoms with E-state index in [1.54, 1.807) is 6.07 Å². The van der Waals surface area contributed by atoms with Crippen LogP contribution in [0.4, 0.5) is 0 Å². The number of rotatable bonds is 4. The summed E-state index contributed by atoms with van der Waals surface area (Å²) in [7, 11) is 0. The summed E-state index contributed by atoms with van der Waals surface area (Å²) in [6.45, 7) is 3.24. The number of nitrogens with zero attached hydrogens (tertiary/aromatic N) is 1. The molecule has 1 aromatic carbocycles. The second-order valence-electron chi connectivity index (χ2n) is 4.56. The fourth-order valence-electron chi connectivity index (χ4n) is 2.44. The molecule has 2 rings (SSSR count). The van der Waals surface area contributed by atoms with Crippen LogP contribution in [0, 0.1) is 0 Å². The zero-order valence-electron chi connectivity index (χ0n) is 10.9. The highest BCUT2D eigenvalue weighted by atomic mass is 16.4. The summed E-state index contributed by atoms with van der Waals surface area (Å²) in [6.07, 6.45) is 0.706. The van der Waals surface area contributed by atoms with E-state index in [2.05, 4.69) is 5.32 Å². The monoisotopic (exact) mass is 262 g/mol. The Labute approximate surface area is 112 Å². The number of nitrogens with one attached hydrogen (secondary N) is 1. The van der Waals surface area contributed by atoms with Crippen LogP contribution in [-0.2, 0) is 16.0 Å². The Morgan fingerprint density at radius 3 is 2.84 bits per heavy atom. The van der Waals surface area contributed by atoms with E-state index >= 15 is 0 Å². The van der Waals surface area contributed by atoms with Gasteiger partial charge in [0.2, 0.25) is 5.91 Å². The average Bonchev–Trinajstić information content (AvgIpc) is 2.43. The standard InChI is InChI=1S/C14H18N2O3/c1-2-15-9-12(17)16-8-7-10-5-3-4-6-11(10)13(16)14(18)19/h3-6,13,15H,2,7-9H2,1H3,(H,18,19). The van der Waals surface area contributed by atoms with Crippen molar-refractivity contribution in [2.45, 2.75) is 19.4 Å². The minimum atomic E-state index is -0.975. The summed E-state index contributed by atoms with van der Waals surface area (Å²) in [5, 5.41) is 12.4. The first-order valence-corrected chi connectivity index (χ1v) is 6.46. The second-order valence-corrected chi connectivity index (χ2v) is 4.56. The van der Waals surface area contributed by atoms with Gasteiger partial charge in [-0.25, -0.2) is 4.79 Å². The molecule has 0 bridgehead atoms. The SMILES string of the molecule is CCNCC(=O)N1CCc2ccccc2C1C(=O)O. The van der Waals surface area contributed by atoms with Crippen molar-refractivity contribution in [3.05, 3.63) is 35.4 Å². The van der Waals surface area contributed by atoms with Gasteiger partial charge in [-0.2, -0.15) is 0 Å². The largest absolute Gasteiger partial charge is 0.479 e. The highest BCUT2D eigenvalue weighted by Gasteiger charge is 2.35. The van der Waals surface area contributed by atoms with Crippen molar-refractivity contribution in [2.24, 2.45) is 0 Å². The Morgan fingerprint density at radius 2 is 2.16 bits per heavy atom. The molecule has 1 aliphatic rings. The maximum absolute atomic E-state index is 12.1. The summed E-state index contributed by atoms with van der Waals surface area (Å²) in [4.78, 5) is 25.0. The molecule has 1 unspecified atom stereocenters. The smallest absolute Gasteiger partial charge is 0.331 e. The Bertz CT molecular complexity index is 487. The molecule has 0 radical (unpaired) electrons. The molecule has 0 aromatic heterocycles. The Kier molecular flexibility index (Phi) is 4.16. The molecule has 0 saturated heterocycles. The van der Waals surface area contributed by atoms with Crippen molar-refractivity contribution < 1.29 is 14.7 Å². The Balaban J connectivity index is 2.27. The summed E-state index contributed by atoms with van der Waals surface area (Å²) in [6, 6.07) is 6.56. The first kappa shape index (κ1) is 13.5. The van der Waals surface area contributed by atoms with Gasteiger partial charge in [-0.1, -0.05) is 31.2 Å². The van der Waals surface area contributed by atoms with Gasteiger partial charge in [0.05, 0.1) is 6.54 Å². The van der Waals surface area contributed by atoms with E-state index in [0.717, 1.165) is 11.1 Å². The maximum Gasteiger partial charge on any atom is 0.331 e. The van der Waals surface area contributed by atoms with Gasteiger partial charge in [0, 0.05) is 6.54 Å². The number of carboxylic acids is 1. The van der Waals surface area contributed by atoms with Crippen LogP contribution in [0.25, 0.3) is 0 Å². The Hall–Kier alpha value is -1.88.